The highest BCUT2D eigenvalue weighted by Gasteiger charge is 2.28. The van der Waals surface area contributed by atoms with Crippen molar-refractivity contribution in [3.05, 3.63) is 0 Å². The van der Waals surface area contributed by atoms with E-state index in [1.165, 1.54) is 18.7 Å². The minimum absolute atomic E-state index is 0.0640. The van der Waals surface area contributed by atoms with E-state index < -0.39 is 5.60 Å². The molecule has 0 bridgehead atoms. The molecule has 0 atom stereocenters. The van der Waals surface area contributed by atoms with E-state index in [0.717, 1.165) is 12.8 Å². The summed E-state index contributed by atoms with van der Waals surface area (Å²) in [7, 11) is 0. The van der Waals surface area contributed by atoms with E-state index in [0.29, 0.717) is 13.1 Å². The topological polar surface area (TPSA) is 60.8 Å². The average molecular weight is 203 g/mol. The molecule has 14 heavy (non-hydrogen) atoms. The maximum absolute atomic E-state index is 11.6. The first kappa shape index (κ1) is 13.4. The molecule has 0 aliphatic rings. The van der Waals surface area contributed by atoms with Crippen molar-refractivity contribution in [1.29, 1.82) is 0 Å². The Labute approximate surface area is 85.5 Å². The van der Waals surface area contributed by atoms with Gasteiger partial charge in [0.2, 0.25) is 0 Å². The number of unbranched alkanes of at least 4 members (excludes halogenated alkanes) is 1. The molecule has 0 unspecified atom stereocenters. The summed E-state index contributed by atoms with van der Waals surface area (Å²) >= 11 is 0. The van der Waals surface area contributed by atoms with E-state index in [1.54, 1.807) is 0 Å². The molecule has 0 aromatic heterocycles. The lowest BCUT2D eigenvalue weighted by molar-refractivity contribution is -0.148. The third-order valence-corrected chi connectivity index (χ3v) is 1.96. The van der Waals surface area contributed by atoms with Crippen LogP contribution in [0.15, 0.2) is 0 Å². The average Bonchev–Trinajstić information content (AvgIpc) is 2.09. The molecule has 0 aromatic carbocycles. The molecule has 84 valence electrons. The van der Waals surface area contributed by atoms with Crippen LogP contribution in [0.1, 0.15) is 33.6 Å². The summed E-state index contributed by atoms with van der Waals surface area (Å²) < 4.78 is 0. The Kier molecular flexibility index (Phi) is 5.72. The molecule has 1 amide bonds. The lowest BCUT2D eigenvalue weighted by atomic mass is 10.1. The standard InChI is InChI=1S/C10H21NO3/c1-4-5-6-11(7-8-12)9(13)10(2,3)14/h12,14H,4-8H2,1-3H3. The van der Waals surface area contributed by atoms with E-state index >= 15 is 0 Å². The molecule has 0 heterocycles. The first-order valence-corrected chi connectivity index (χ1v) is 5.06. The summed E-state index contributed by atoms with van der Waals surface area (Å²) in [4.78, 5) is 13.1. The van der Waals surface area contributed by atoms with Gasteiger partial charge >= 0.3 is 0 Å². The molecule has 0 rings (SSSR count). The third kappa shape index (κ3) is 4.58. The van der Waals surface area contributed by atoms with Crippen LogP contribution < -0.4 is 0 Å². The smallest absolute Gasteiger partial charge is 0.254 e. The number of carbonyl (C=O) groups excluding carboxylic acids is 1. The van der Waals surface area contributed by atoms with Crippen LogP contribution in [-0.4, -0.2) is 46.3 Å². The quantitative estimate of drug-likeness (QED) is 0.656. The summed E-state index contributed by atoms with van der Waals surface area (Å²) in [6.45, 7) is 5.79. The van der Waals surface area contributed by atoms with E-state index in [9.17, 15) is 9.90 Å². The normalized spacial score (nSPS) is 11.5. The van der Waals surface area contributed by atoms with Gasteiger partial charge in [-0.15, -0.1) is 0 Å². The number of hydrogen-bond acceptors (Lipinski definition) is 3. The van der Waals surface area contributed by atoms with Gasteiger partial charge in [-0.05, 0) is 20.3 Å². The summed E-state index contributed by atoms with van der Waals surface area (Å²) in [5.74, 6) is -0.319. The van der Waals surface area contributed by atoms with Gasteiger partial charge < -0.3 is 15.1 Å². The van der Waals surface area contributed by atoms with Crippen molar-refractivity contribution >= 4 is 5.91 Å². The molecule has 0 radical (unpaired) electrons. The highest BCUT2D eigenvalue weighted by atomic mass is 16.3. The fourth-order valence-electron chi connectivity index (χ4n) is 1.17. The first-order chi connectivity index (χ1) is 6.43. The lowest BCUT2D eigenvalue weighted by Crippen LogP contribution is -2.46. The van der Waals surface area contributed by atoms with Crippen LogP contribution in [0.2, 0.25) is 0 Å². The summed E-state index contributed by atoms with van der Waals surface area (Å²) in [5.41, 5.74) is -1.34. The fourth-order valence-corrected chi connectivity index (χ4v) is 1.17. The maximum Gasteiger partial charge on any atom is 0.254 e. The molecule has 0 spiro atoms. The number of carbonyl (C=O) groups is 1. The fraction of sp³-hybridized carbons (Fsp3) is 0.900. The number of amides is 1. The Morgan fingerprint density at radius 1 is 1.36 bits per heavy atom. The van der Waals surface area contributed by atoms with Crippen molar-refractivity contribution in [3.8, 4) is 0 Å². The number of aliphatic hydroxyl groups is 2. The van der Waals surface area contributed by atoms with Crippen LogP contribution in [0.5, 0.6) is 0 Å². The van der Waals surface area contributed by atoms with Gasteiger partial charge in [0.15, 0.2) is 0 Å². The molecular formula is C10H21NO3. The van der Waals surface area contributed by atoms with Gasteiger partial charge in [0.05, 0.1) is 6.61 Å². The second kappa shape index (κ2) is 5.98. The Morgan fingerprint density at radius 2 is 1.93 bits per heavy atom. The van der Waals surface area contributed by atoms with Gasteiger partial charge in [-0.1, -0.05) is 13.3 Å². The zero-order chi connectivity index (χ0) is 11.2. The third-order valence-electron chi connectivity index (χ3n) is 1.96. The molecule has 0 saturated carbocycles. The number of rotatable bonds is 6. The van der Waals surface area contributed by atoms with Crippen molar-refractivity contribution in [2.75, 3.05) is 19.7 Å². The Hall–Kier alpha value is -0.610. The summed E-state index contributed by atoms with van der Waals surface area (Å²) in [6, 6.07) is 0. The predicted molar refractivity (Wildman–Crippen MR) is 54.9 cm³/mol. The zero-order valence-electron chi connectivity index (χ0n) is 9.29. The zero-order valence-corrected chi connectivity index (χ0v) is 9.29. The SMILES string of the molecule is CCCCN(CCO)C(=O)C(C)(C)O. The van der Waals surface area contributed by atoms with Crippen LogP contribution in [0.3, 0.4) is 0 Å². The molecule has 0 aliphatic carbocycles. The lowest BCUT2D eigenvalue weighted by Gasteiger charge is -2.27. The van der Waals surface area contributed by atoms with Gasteiger partial charge in [-0.25, -0.2) is 0 Å². The monoisotopic (exact) mass is 203 g/mol. The van der Waals surface area contributed by atoms with E-state index in [1.807, 2.05) is 6.92 Å². The number of hydrogen-bond donors (Lipinski definition) is 2. The van der Waals surface area contributed by atoms with Gasteiger partial charge in [0.25, 0.3) is 5.91 Å². The molecule has 0 saturated heterocycles. The van der Waals surface area contributed by atoms with Crippen LogP contribution in [0, 0.1) is 0 Å². The van der Waals surface area contributed by atoms with Crippen molar-refractivity contribution in [2.45, 2.75) is 39.2 Å². The molecule has 2 N–H and O–H groups in total. The maximum atomic E-state index is 11.6. The van der Waals surface area contributed by atoms with Crippen LogP contribution >= 0.6 is 0 Å². The molecule has 0 aliphatic heterocycles. The Balaban J connectivity index is 4.25. The van der Waals surface area contributed by atoms with Crippen LogP contribution in [-0.2, 0) is 4.79 Å². The van der Waals surface area contributed by atoms with Crippen LogP contribution in [0.25, 0.3) is 0 Å². The minimum Gasteiger partial charge on any atom is -0.395 e. The number of aliphatic hydroxyl groups excluding tert-OH is 1. The van der Waals surface area contributed by atoms with Crippen molar-refractivity contribution < 1.29 is 15.0 Å². The second-order valence-electron chi connectivity index (χ2n) is 3.93. The number of nitrogens with zero attached hydrogens (tertiary/aromatic N) is 1. The molecule has 0 fully saturated rings. The van der Waals surface area contributed by atoms with Crippen molar-refractivity contribution in [3.63, 3.8) is 0 Å². The minimum atomic E-state index is -1.34. The van der Waals surface area contributed by atoms with Crippen LogP contribution in [0.4, 0.5) is 0 Å². The van der Waals surface area contributed by atoms with E-state index in [2.05, 4.69) is 0 Å². The van der Waals surface area contributed by atoms with Gasteiger partial charge in [0.1, 0.15) is 5.60 Å². The van der Waals surface area contributed by atoms with Gasteiger partial charge in [-0.3, -0.25) is 4.79 Å². The van der Waals surface area contributed by atoms with Gasteiger partial charge in [-0.2, -0.15) is 0 Å². The van der Waals surface area contributed by atoms with Gasteiger partial charge in [0, 0.05) is 13.1 Å². The van der Waals surface area contributed by atoms with Crippen molar-refractivity contribution in [2.24, 2.45) is 0 Å². The van der Waals surface area contributed by atoms with E-state index in [4.69, 9.17) is 5.11 Å². The highest BCUT2D eigenvalue weighted by Crippen LogP contribution is 2.08. The largest absolute Gasteiger partial charge is 0.395 e. The predicted octanol–water partition coefficient (Wildman–Crippen LogP) is 0.378. The second-order valence-corrected chi connectivity index (χ2v) is 3.93. The van der Waals surface area contributed by atoms with Crippen molar-refractivity contribution in [1.82, 2.24) is 4.90 Å². The highest BCUT2D eigenvalue weighted by molar-refractivity contribution is 5.84. The Bertz CT molecular complexity index is 175. The summed E-state index contributed by atoms with van der Waals surface area (Å²) in [5, 5.41) is 18.3. The molecule has 0 aromatic rings. The van der Waals surface area contributed by atoms with E-state index in [-0.39, 0.29) is 12.5 Å². The molecular weight excluding hydrogens is 182 g/mol. The molecule has 4 nitrogen and oxygen atoms in total. The first-order valence-electron chi connectivity index (χ1n) is 5.06. The summed E-state index contributed by atoms with van der Waals surface area (Å²) in [6.07, 6.45) is 1.88. The molecule has 4 heteroatoms. The Morgan fingerprint density at radius 3 is 2.29 bits per heavy atom.